The van der Waals surface area contributed by atoms with Gasteiger partial charge in [0.25, 0.3) is 0 Å². The summed E-state index contributed by atoms with van der Waals surface area (Å²) >= 11 is 7.67. The van der Waals surface area contributed by atoms with Crippen LogP contribution in [0.3, 0.4) is 0 Å². The molecule has 6 nitrogen and oxygen atoms in total. The largest absolute Gasteiger partial charge is 0.369 e. The summed E-state index contributed by atoms with van der Waals surface area (Å²) in [6, 6.07) is 9.91. The molecular formula is C22H23ClN6S. The van der Waals surface area contributed by atoms with E-state index in [9.17, 15) is 0 Å². The summed E-state index contributed by atoms with van der Waals surface area (Å²) in [5.41, 5.74) is 4.07. The van der Waals surface area contributed by atoms with Gasteiger partial charge >= 0.3 is 0 Å². The third-order valence-corrected chi connectivity index (χ3v) is 6.48. The van der Waals surface area contributed by atoms with Gasteiger partial charge in [0, 0.05) is 47.7 Å². The Balaban J connectivity index is 1.31. The van der Waals surface area contributed by atoms with Crippen molar-refractivity contribution in [1.29, 1.82) is 0 Å². The fraction of sp³-hybridized carbons (Fsp3) is 0.318. The van der Waals surface area contributed by atoms with Crippen LogP contribution in [0.4, 0.5) is 11.8 Å². The molecule has 1 aromatic carbocycles. The highest BCUT2D eigenvalue weighted by atomic mass is 35.5. The quantitative estimate of drug-likeness (QED) is 0.427. The van der Waals surface area contributed by atoms with Crippen molar-refractivity contribution in [3.05, 3.63) is 51.4 Å². The van der Waals surface area contributed by atoms with Gasteiger partial charge in [0.2, 0.25) is 5.95 Å². The molecule has 1 fully saturated rings. The molecule has 4 heterocycles. The van der Waals surface area contributed by atoms with Crippen LogP contribution < -0.4 is 10.2 Å². The van der Waals surface area contributed by atoms with E-state index in [1.807, 2.05) is 24.3 Å². The molecule has 1 aliphatic rings. The second-order valence-electron chi connectivity index (χ2n) is 7.59. The highest BCUT2D eigenvalue weighted by Gasteiger charge is 2.18. The molecule has 0 atom stereocenters. The Labute approximate surface area is 184 Å². The van der Waals surface area contributed by atoms with Crippen molar-refractivity contribution in [3.63, 3.8) is 0 Å². The van der Waals surface area contributed by atoms with Crippen LogP contribution >= 0.6 is 22.9 Å². The Kier molecular flexibility index (Phi) is 5.31. The minimum Gasteiger partial charge on any atom is -0.369 e. The first-order valence-electron chi connectivity index (χ1n) is 10.2. The maximum atomic E-state index is 5.98. The van der Waals surface area contributed by atoms with Gasteiger partial charge < -0.3 is 15.2 Å². The molecule has 5 rings (SSSR count). The summed E-state index contributed by atoms with van der Waals surface area (Å²) < 4.78 is 0. The number of halogens is 1. The third kappa shape index (κ3) is 4.00. The van der Waals surface area contributed by atoms with Crippen molar-refractivity contribution < 1.29 is 0 Å². The van der Waals surface area contributed by atoms with E-state index in [0.717, 1.165) is 75.8 Å². The van der Waals surface area contributed by atoms with E-state index in [0.29, 0.717) is 0 Å². The lowest BCUT2D eigenvalue weighted by atomic mass is 10.2. The van der Waals surface area contributed by atoms with Gasteiger partial charge in [0.1, 0.15) is 11.5 Å². The number of benzene rings is 1. The van der Waals surface area contributed by atoms with Crippen molar-refractivity contribution >= 4 is 45.7 Å². The first-order chi connectivity index (χ1) is 14.7. The van der Waals surface area contributed by atoms with Crippen molar-refractivity contribution in [1.82, 2.24) is 19.9 Å². The first kappa shape index (κ1) is 19.3. The molecule has 3 aromatic heterocycles. The number of nitrogens with zero attached hydrogens (tertiary/aromatic N) is 4. The van der Waals surface area contributed by atoms with Crippen molar-refractivity contribution in [3.8, 4) is 11.3 Å². The average molecular weight is 439 g/mol. The SMILES string of the molecule is Cc1cc2c(NCCc3nc(-c4ccc(Cl)cc4)cs3)nc(N3CCCC3)nc2[nH]1. The maximum Gasteiger partial charge on any atom is 0.229 e. The number of hydrogen-bond acceptors (Lipinski definition) is 6. The molecule has 4 aromatic rings. The van der Waals surface area contributed by atoms with Crippen LogP contribution in [0.25, 0.3) is 22.3 Å². The van der Waals surface area contributed by atoms with E-state index in [2.05, 4.69) is 33.6 Å². The van der Waals surface area contributed by atoms with E-state index in [-0.39, 0.29) is 0 Å². The zero-order valence-electron chi connectivity index (χ0n) is 16.8. The smallest absolute Gasteiger partial charge is 0.229 e. The number of H-pyrrole nitrogens is 1. The molecule has 0 unspecified atom stereocenters. The van der Waals surface area contributed by atoms with Crippen molar-refractivity contribution in [2.24, 2.45) is 0 Å². The van der Waals surface area contributed by atoms with E-state index >= 15 is 0 Å². The van der Waals surface area contributed by atoms with Gasteiger partial charge in [-0.2, -0.15) is 9.97 Å². The lowest BCUT2D eigenvalue weighted by Gasteiger charge is -2.16. The van der Waals surface area contributed by atoms with Crippen LogP contribution in [0.2, 0.25) is 5.02 Å². The fourth-order valence-corrected chi connectivity index (χ4v) is 4.72. The highest BCUT2D eigenvalue weighted by Crippen LogP contribution is 2.27. The lowest BCUT2D eigenvalue weighted by molar-refractivity contribution is 0.901. The second kappa shape index (κ2) is 8.24. The molecule has 30 heavy (non-hydrogen) atoms. The van der Waals surface area contributed by atoms with E-state index < -0.39 is 0 Å². The molecule has 1 saturated heterocycles. The van der Waals surface area contributed by atoms with Gasteiger partial charge in [-0.25, -0.2) is 4.98 Å². The number of hydrogen-bond donors (Lipinski definition) is 2. The minimum absolute atomic E-state index is 0.739. The summed E-state index contributed by atoms with van der Waals surface area (Å²) in [4.78, 5) is 20.0. The fourth-order valence-electron chi connectivity index (χ4n) is 3.79. The number of fused-ring (bicyclic) bond motifs is 1. The lowest BCUT2D eigenvalue weighted by Crippen LogP contribution is -2.21. The van der Waals surface area contributed by atoms with Crippen molar-refractivity contribution in [2.75, 3.05) is 29.9 Å². The summed E-state index contributed by atoms with van der Waals surface area (Å²) in [6.07, 6.45) is 3.24. The van der Waals surface area contributed by atoms with E-state index in [1.165, 1.54) is 12.8 Å². The van der Waals surface area contributed by atoms with Gasteiger partial charge in [-0.15, -0.1) is 11.3 Å². The van der Waals surface area contributed by atoms with Crippen molar-refractivity contribution in [2.45, 2.75) is 26.2 Å². The number of thiazole rings is 1. The zero-order valence-corrected chi connectivity index (χ0v) is 18.4. The van der Waals surface area contributed by atoms with Gasteiger partial charge in [-0.05, 0) is 38.0 Å². The molecule has 8 heteroatoms. The molecule has 0 saturated carbocycles. The molecule has 0 radical (unpaired) electrons. The molecule has 0 amide bonds. The molecule has 0 bridgehead atoms. The molecule has 0 spiro atoms. The van der Waals surface area contributed by atoms with Crippen LogP contribution in [0, 0.1) is 6.92 Å². The van der Waals surface area contributed by atoms with E-state index in [4.69, 9.17) is 26.6 Å². The second-order valence-corrected chi connectivity index (χ2v) is 8.97. The van der Waals surface area contributed by atoms with Crippen LogP contribution in [0.15, 0.2) is 35.7 Å². The predicted molar refractivity (Wildman–Crippen MR) is 125 cm³/mol. The number of aromatic amines is 1. The first-order valence-corrected chi connectivity index (χ1v) is 11.5. The van der Waals surface area contributed by atoms with Gasteiger partial charge in [-0.1, -0.05) is 23.7 Å². The number of anilines is 2. The van der Waals surface area contributed by atoms with Crippen LogP contribution in [-0.2, 0) is 6.42 Å². The zero-order chi connectivity index (χ0) is 20.5. The Morgan fingerprint density at radius 1 is 1.13 bits per heavy atom. The maximum absolute atomic E-state index is 5.98. The van der Waals surface area contributed by atoms with Crippen LogP contribution in [0.5, 0.6) is 0 Å². The number of rotatable bonds is 6. The summed E-state index contributed by atoms with van der Waals surface area (Å²) in [7, 11) is 0. The summed E-state index contributed by atoms with van der Waals surface area (Å²) in [6.45, 7) is 4.87. The Bertz CT molecular complexity index is 1160. The third-order valence-electron chi connectivity index (χ3n) is 5.32. The van der Waals surface area contributed by atoms with Crippen LogP contribution in [0.1, 0.15) is 23.5 Å². The number of aryl methyl sites for hydroxylation is 1. The molecule has 154 valence electrons. The monoisotopic (exact) mass is 438 g/mol. The minimum atomic E-state index is 0.739. The number of aromatic nitrogens is 4. The average Bonchev–Trinajstić information content (AvgIpc) is 3.49. The predicted octanol–water partition coefficient (Wildman–Crippen LogP) is 5.30. The molecular weight excluding hydrogens is 416 g/mol. The van der Waals surface area contributed by atoms with E-state index in [1.54, 1.807) is 11.3 Å². The molecule has 1 aliphatic heterocycles. The number of nitrogens with one attached hydrogen (secondary N) is 2. The molecule has 2 N–H and O–H groups in total. The Morgan fingerprint density at radius 2 is 1.93 bits per heavy atom. The Hall–Kier alpha value is -2.64. The van der Waals surface area contributed by atoms with Crippen LogP contribution in [-0.4, -0.2) is 39.6 Å². The van der Waals surface area contributed by atoms with Gasteiger partial charge in [0.15, 0.2) is 0 Å². The normalized spacial score (nSPS) is 14.0. The Morgan fingerprint density at radius 3 is 2.73 bits per heavy atom. The summed E-state index contributed by atoms with van der Waals surface area (Å²) in [5, 5.41) is 8.50. The van der Waals surface area contributed by atoms with Gasteiger partial charge in [0.05, 0.1) is 16.1 Å². The standard InChI is InChI=1S/C22H23ClN6S/c1-14-12-17-20(27-22(28-21(17)25-14)29-10-2-3-11-29)24-9-8-19-26-18(13-30-19)15-4-6-16(23)7-5-15/h4-7,12-13H,2-3,8-11H2,1H3,(H2,24,25,27,28). The highest BCUT2D eigenvalue weighted by molar-refractivity contribution is 7.09. The topological polar surface area (TPSA) is 69.7 Å². The van der Waals surface area contributed by atoms with Gasteiger partial charge in [-0.3, -0.25) is 0 Å². The molecule has 0 aliphatic carbocycles. The summed E-state index contributed by atoms with van der Waals surface area (Å²) in [5.74, 6) is 1.70.